The first-order chi connectivity index (χ1) is 17.5. The number of piperidine rings is 1. The van der Waals surface area contributed by atoms with Crippen LogP contribution in [0.1, 0.15) is 34.3 Å². The molecule has 0 bridgehead atoms. The van der Waals surface area contributed by atoms with Crippen molar-refractivity contribution in [2.24, 2.45) is 0 Å². The lowest BCUT2D eigenvalue weighted by atomic mass is 10.0. The van der Waals surface area contributed by atoms with Crippen LogP contribution in [0.3, 0.4) is 0 Å². The van der Waals surface area contributed by atoms with Gasteiger partial charge in [-0.1, -0.05) is 35.9 Å². The first kappa shape index (κ1) is 23.3. The number of carbonyl (C=O) groups is 2. The third kappa shape index (κ3) is 5.14. The zero-order valence-corrected chi connectivity index (χ0v) is 20.1. The number of hydrogen-bond donors (Lipinski definition) is 2. The van der Waals surface area contributed by atoms with Gasteiger partial charge < -0.3 is 15.5 Å². The number of fused-ring (bicyclic) bond motifs is 1. The maximum atomic E-state index is 12.7. The molecule has 36 heavy (non-hydrogen) atoms. The number of aromatic nitrogens is 3. The van der Waals surface area contributed by atoms with Crippen LogP contribution in [0.2, 0.25) is 0 Å². The van der Waals surface area contributed by atoms with E-state index in [9.17, 15) is 14.4 Å². The van der Waals surface area contributed by atoms with Crippen LogP contribution >= 0.6 is 0 Å². The van der Waals surface area contributed by atoms with E-state index in [0.29, 0.717) is 49.4 Å². The molecule has 1 saturated heterocycles. The summed E-state index contributed by atoms with van der Waals surface area (Å²) in [5.74, 6) is 0.0273. The number of hydrogen-bond acceptors (Lipinski definition) is 4. The molecule has 184 valence electrons. The van der Waals surface area contributed by atoms with Crippen LogP contribution < -0.4 is 16.3 Å². The minimum Gasteiger partial charge on any atom is -0.338 e. The molecule has 2 aromatic carbocycles. The van der Waals surface area contributed by atoms with E-state index in [0.717, 1.165) is 11.1 Å². The summed E-state index contributed by atoms with van der Waals surface area (Å²) in [5, 5.41) is 10.2. The fourth-order valence-corrected chi connectivity index (χ4v) is 4.45. The Balaban J connectivity index is 1.14. The molecule has 2 N–H and O–H groups in total. The molecule has 1 fully saturated rings. The Morgan fingerprint density at radius 1 is 1.00 bits per heavy atom. The van der Waals surface area contributed by atoms with Crippen LogP contribution in [0, 0.1) is 6.92 Å². The number of anilines is 1. The molecular formula is C27H28N6O3. The second kappa shape index (κ2) is 10.1. The number of pyridine rings is 1. The Kier molecular flexibility index (Phi) is 6.53. The Morgan fingerprint density at radius 2 is 1.78 bits per heavy atom. The van der Waals surface area contributed by atoms with Crippen LogP contribution in [0.25, 0.3) is 5.65 Å². The molecule has 1 aliphatic rings. The zero-order chi connectivity index (χ0) is 25.1. The van der Waals surface area contributed by atoms with Gasteiger partial charge in [0, 0.05) is 36.6 Å². The van der Waals surface area contributed by atoms with Crippen LogP contribution in [-0.4, -0.2) is 50.2 Å². The summed E-state index contributed by atoms with van der Waals surface area (Å²) >= 11 is 0. The van der Waals surface area contributed by atoms with Crippen LogP contribution in [-0.2, 0) is 6.54 Å². The van der Waals surface area contributed by atoms with Crippen LogP contribution in [0.15, 0.2) is 77.7 Å². The van der Waals surface area contributed by atoms with Gasteiger partial charge in [0.25, 0.3) is 5.91 Å². The SMILES string of the molecule is Cc1ccc(C(=O)N2CCC(NC(=O)Nc3cccc(Cn4nc5ccccn5c4=O)c3)CC2)cc1. The van der Waals surface area contributed by atoms with Crippen molar-refractivity contribution in [2.45, 2.75) is 32.4 Å². The Morgan fingerprint density at radius 3 is 2.53 bits per heavy atom. The van der Waals surface area contributed by atoms with Gasteiger partial charge in [-0.05, 0) is 61.7 Å². The lowest BCUT2D eigenvalue weighted by Gasteiger charge is -2.32. The van der Waals surface area contributed by atoms with Crippen molar-refractivity contribution in [1.29, 1.82) is 0 Å². The van der Waals surface area contributed by atoms with Crippen molar-refractivity contribution >= 4 is 23.3 Å². The first-order valence-electron chi connectivity index (χ1n) is 12.0. The number of carbonyl (C=O) groups excluding carboxylic acids is 2. The lowest BCUT2D eigenvalue weighted by molar-refractivity contribution is 0.0709. The third-order valence-corrected chi connectivity index (χ3v) is 6.42. The van der Waals surface area contributed by atoms with E-state index in [1.54, 1.807) is 24.4 Å². The van der Waals surface area contributed by atoms with Gasteiger partial charge in [0.05, 0.1) is 6.54 Å². The normalized spacial score (nSPS) is 14.1. The largest absolute Gasteiger partial charge is 0.350 e. The van der Waals surface area contributed by atoms with Crippen molar-refractivity contribution in [3.8, 4) is 0 Å². The average molecular weight is 485 g/mol. The molecule has 9 nitrogen and oxygen atoms in total. The Hall–Kier alpha value is -4.40. The first-order valence-corrected chi connectivity index (χ1v) is 12.0. The molecular weight excluding hydrogens is 456 g/mol. The molecule has 0 radical (unpaired) electrons. The van der Waals surface area contributed by atoms with E-state index in [2.05, 4.69) is 15.7 Å². The maximum Gasteiger partial charge on any atom is 0.350 e. The molecule has 0 atom stereocenters. The standard InChI is InChI=1S/C27H28N6O3/c1-19-8-10-21(11-9-19)25(34)31-15-12-22(13-16-31)28-26(35)29-23-6-4-5-20(17-23)18-33-27(36)32-14-3-2-7-24(32)30-33/h2-11,14,17,22H,12-13,15-16,18H2,1H3,(H2,28,29,35). The van der Waals surface area contributed by atoms with E-state index >= 15 is 0 Å². The molecule has 3 amide bonds. The highest BCUT2D eigenvalue weighted by Gasteiger charge is 2.24. The van der Waals surface area contributed by atoms with Gasteiger partial charge in [0.2, 0.25) is 0 Å². The number of aryl methyl sites for hydroxylation is 1. The predicted octanol–water partition coefficient (Wildman–Crippen LogP) is 3.28. The molecule has 5 rings (SSSR count). The van der Waals surface area contributed by atoms with Crippen molar-refractivity contribution in [2.75, 3.05) is 18.4 Å². The fourth-order valence-electron chi connectivity index (χ4n) is 4.45. The molecule has 0 spiro atoms. The van der Waals surface area contributed by atoms with Crippen molar-refractivity contribution in [3.63, 3.8) is 0 Å². The Labute approximate surface area is 208 Å². The van der Waals surface area contributed by atoms with Crippen molar-refractivity contribution in [3.05, 3.63) is 100 Å². The number of likely N-dealkylation sites (tertiary alicyclic amines) is 1. The van der Waals surface area contributed by atoms with Crippen LogP contribution in [0.4, 0.5) is 10.5 Å². The van der Waals surface area contributed by atoms with E-state index in [1.165, 1.54) is 9.08 Å². The lowest BCUT2D eigenvalue weighted by Crippen LogP contribution is -2.47. The summed E-state index contributed by atoms with van der Waals surface area (Å²) in [5.41, 5.74) is 3.66. The highest BCUT2D eigenvalue weighted by molar-refractivity contribution is 5.94. The average Bonchev–Trinajstić information content (AvgIpc) is 3.20. The summed E-state index contributed by atoms with van der Waals surface area (Å²) < 4.78 is 2.90. The zero-order valence-electron chi connectivity index (χ0n) is 20.1. The number of amides is 3. The van der Waals surface area contributed by atoms with Gasteiger partial charge in [-0.2, -0.15) is 0 Å². The summed E-state index contributed by atoms with van der Waals surface area (Å²) in [4.78, 5) is 39.7. The molecule has 1 aliphatic heterocycles. The number of urea groups is 1. The second-order valence-electron chi connectivity index (χ2n) is 9.10. The summed E-state index contributed by atoms with van der Waals surface area (Å²) in [6.07, 6.45) is 3.08. The van der Waals surface area contributed by atoms with Gasteiger partial charge in [0.15, 0.2) is 5.65 Å². The van der Waals surface area contributed by atoms with Gasteiger partial charge in [0.1, 0.15) is 0 Å². The minimum absolute atomic E-state index is 0.00759. The maximum absolute atomic E-state index is 12.7. The summed E-state index contributed by atoms with van der Waals surface area (Å²) in [7, 11) is 0. The molecule has 0 unspecified atom stereocenters. The number of nitrogens with one attached hydrogen (secondary N) is 2. The monoisotopic (exact) mass is 484 g/mol. The van der Waals surface area contributed by atoms with Crippen LogP contribution in [0.5, 0.6) is 0 Å². The predicted molar refractivity (Wildman–Crippen MR) is 137 cm³/mol. The molecule has 3 heterocycles. The van der Waals surface area contributed by atoms with E-state index in [-0.39, 0.29) is 23.7 Å². The molecule has 4 aromatic rings. The number of benzene rings is 2. The highest BCUT2D eigenvalue weighted by Crippen LogP contribution is 2.16. The Bertz CT molecular complexity index is 1450. The third-order valence-electron chi connectivity index (χ3n) is 6.42. The quantitative estimate of drug-likeness (QED) is 0.454. The van der Waals surface area contributed by atoms with Gasteiger partial charge >= 0.3 is 11.7 Å². The number of rotatable bonds is 5. The van der Waals surface area contributed by atoms with E-state index in [1.807, 2.05) is 60.4 Å². The van der Waals surface area contributed by atoms with Gasteiger partial charge in [-0.15, -0.1) is 5.10 Å². The highest BCUT2D eigenvalue weighted by atomic mass is 16.2. The molecule has 2 aromatic heterocycles. The second-order valence-corrected chi connectivity index (χ2v) is 9.10. The summed E-state index contributed by atoms with van der Waals surface area (Å²) in [6, 6.07) is 20.1. The summed E-state index contributed by atoms with van der Waals surface area (Å²) in [6.45, 7) is 3.49. The van der Waals surface area contributed by atoms with Crippen molar-refractivity contribution in [1.82, 2.24) is 24.4 Å². The van der Waals surface area contributed by atoms with E-state index in [4.69, 9.17) is 0 Å². The fraction of sp³-hybridized carbons (Fsp3) is 0.259. The molecule has 0 aliphatic carbocycles. The van der Waals surface area contributed by atoms with Gasteiger partial charge in [-0.3, -0.25) is 9.20 Å². The van der Waals surface area contributed by atoms with E-state index < -0.39 is 0 Å². The van der Waals surface area contributed by atoms with Crippen molar-refractivity contribution < 1.29 is 9.59 Å². The topological polar surface area (TPSA) is 101 Å². The number of nitrogens with zero attached hydrogens (tertiary/aromatic N) is 4. The minimum atomic E-state index is -0.291. The molecule has 9 heteroatoms. The van der Waals surface area contributed by atoms with Gasteiger partial charge in [-0.25, -0.2) is 14.3 Å². The smallest absolute Gasteiger partial charge is 0.338 e. The molecule has 0 saturated carbocycles.